The molecule has 145 valence electrons. The quantitative estimate of drug-likeness (QED) is 0.477. The molecule has 0 amide bonds. The van der Waals surface area contributed by atoms with Gasteiger partial charge in [0.15, 0.2) is 0 Å². The number of hydrogen-bond acceptors (Lipinski definition) is 0. The van der Waals surface area contributed by atoms with E-state index in [1.165, 1.54) is 66.0 Å². The molecule has 3 rings (SSSR count). The van der Waals surface area contributed by atoms with E-state index < -0.39 is 7.92 Å². The Labute approximate surface area is 172 Å². The van der Waals surface area contributed by atoms with Crippen molar-refractivity contribution in [2.75, 3.05) is 0 Å². The van der Waals surface area contributed by atoms with E-state index in [2.05, 4.69) is 98.7 Å². The van der Waals surface area contributed by atoms with Crippen molar-refractivity contribution in [3.05, 3.63) is 93.4 Å². The lowest BCUT2D eigenvalue weighted by Crippen LogP contribution is -2.30. The van der Waals surface area contributed by atoms with Crippen LogP contribution in [-0.4, -0.2) is 0 Å². The van der Waals surface area contributed by atoms with Gasteiger partial charge >= 0.3 is 0 Å². The minimum Gasteiger partial charge on any atom is -0.0557 e. The van der Waals surface area contributed by atoms with Crippen molar-refractivity contribution < 1.29 is 0 Å². The zero-order chi connectivity index (χ0) is 20.7. The second-order valence-corrected chi connectivity index (χ2v) is 10.4. The van der Waals surface area contributed by atoms with E-state index in [0.29, 0.717) is 0 Å². The third-order valence-corrected chi connectivity index (χ3v) is 8.86. The van der Waals surface area contributed by atoms with Crippen LogP contribution in [0.4, 0.5) is 0 Å². The fourth-order valence-corrected chi connectivity index (χ4v) is 7.86. The monoisotopic (exact) mass is 387 g/mol. The van der Waals surface area contributed by atoms with E-state index >= 15 is 0 Å². The Morgan fingerprint density at radius 2 is 0.750 bits per heavy atom. The summed E-state index contributed by atoms with van der Waals surface area (Å²) >= 11 is 0. The van der Waals surface area contributed by atoms with Gasteiger partial charge in [0.2, 0.25) is 0 Å². The number of benzene rings is 3. The Balaban J connectivity index is 2.45. The van der Waals surface area contributed by atoms with Crippen molar-refractivity contribution in [2.45, 2.75) is 55.4 Å². The molecule has 0 atom stereocenters. The molecule has 0 saturated heterocycles. The van der Waals surface area contributed by atoms with Crippen molar-refractivity contribution in [3.63, 3.8) is 0 Å². The average molecular weight is 388 g/mol. The second kappa shape index (κ2) is 7.84. The van der Waals surface area contributed by atoms with Gasteiger partial charge in [-0.1, -0.05) is 53.1 Å². The predicted molar refractivity (Wildman–Crippen MR) is 128 cm³/mol. The van der Waals surface area contributed by atoms with Crippen LogP contribution in [0.2, 0.25) is 0 Å². The maximum absolute atomic E-state index is 4.48. The fraction of sp³-hybridized carbons (Fsp3) is 0.296. The van der Waals surface area contributed by atoms with Crippen LogP contribution in [0.15, 0.2) is 36.4 Å². The van der Waals surface area contributed by atoms with Crippen LogP contribution >= 0.6 is 7.92 Å². The molecule has 3 aromatic carbocycles. The molecule has 0 aliphatic carbocycles. The summed E-state index contributed by atoms with van der Waals surface area (Å²) in [6.45, 7) is 22.4. The zero-order valence-electron chi connectivity index (χ0n) is 18.6. The largest absolute Gasteiger partial charge is 0.0557 e. The van der Waals surface area contributed by atoms with Gasteiger partial charge < -0.3 is 0 Å². The van der Waals surface area contributed by atoms with Crippen LogP contribution in [0.5, 0.6) is 0 Å². The van der Waals surface area contributed by atoms with Crippen molar-refractivity contribution in [3.8, 4) is 0 Å². The molecule has 0 aromatic heterocycles. The summed E-state index contributed by atoms with van der Waals surface area (Å²) < 4.78 is 0. The first-order valence-corrected chi connectivity index (χ1v) is 11.3. The van der Waals surface area contributed by atoms with E-state index in [9.17, 15) is 0 Å². The molecule has 0 unspecified atom stereocenters. The smallest absolute Gasteiger partial charge is 0.00892 e. The Hall–Kier alpha value is -1.91. The van der Waals surface area contributed by atoms with Gasteiger partial charge in [0.1, 0.15) is 0 Å². The zero-order valence-corrected chi connectivity index (χ0v) is 19.5. The summed E-state index contributed by atoms with van der Waals surface area (Å²) in [5, 5.41) is 4.41. The normalized spacial score (nSPS) is 11.4. The van der Waals surface area contributed by atoms with Crippen LogP contribution in [0.25, 0.3) is 0 Å². The van der Waals surface area contributed by atoms with Crippen molar-refractivity contribution in [1.82, 2.24) is 0 Å². The molecule has 1 radical (unpaired) electrons. The number of hydrogen-bond donors (Lipinski definition) is 0. The van der Waals surface area contributed by atoms with Gasteiger partial charge in [0.05, 0.1) is 0 Å². The van der Waals surface area contributed by atoms with Crippen LogP contribution in [0.1, 0.15) is 50.1 Å². The fourth-order valence-electron chi connectivity index (χ4n) is 4.75. The summed E-state index contributed by atoms with van der Waals surface area (Å²) in [7, 11) is -0.671. The van der Waals surface area contributed by atoms with Gasteiger partial charge in [-0.15, -0.1) is 0 Å². The van der Waals surface area contributed by atoms with Gasteiger partial charge in [-0.25, -0.2) is 0 Å². The van der Waals surface area contributed by atoms with Crippen LogP contribution < -0.4 is 15.9 Å². The summed E-state index contributed by atoms with van der Waals surface area (Å²) in [4.78, 5) is 0. The lowest BCUT2D eigenvalue weighted by atomic mass is 10.1. The molecule has 0 fully saturated rings. The Kier molecular flexibility index (Phi) is 5.83. The topological polar surface area (TPSA) is 0 Å². The van der Waals surface area contributed by atoms with Gasteiger partial charge in [-0.3, -0.25) is 0 Å². The SMILES string of the molecule is [CH2]c1cc(C)cc(C)c1P(c1c(C)cc(C)cc1C)c1c(C)cc(C)cc1C. The van der Waals surface area contributed by atoms with Crippen molar-refractivity contribution in [1.29, 1.82) is 0 Å². The summed E-state index contributed by atoms with van der Waals surface area (Å²) in [5.41, 5.74) is 12.0. The number of aryl methyl sites for hydroxylation is 8. The molecule has 0 aliphatic rings. The van der Waals surface area contributed by atoms with Crippen LogP contribution in [0.3, 0.4) is 0 Å². The Morgan fingerprint density at radius 1 is 0.464 bits per heavy atom. The molecule has 1 heteroatoms. The molecule has 0 heterocycles. The maximum Gasteiger partial charge on any atom is -0.00892 e. The lowest BCUT2D eigenvalue weighted by molar-refractivity contribution is 1.34. The van der Waals surface area contributed by atoms with Gasteiger partial charge in [-0.05, 0) is 120 Å². The van der Waals surface area contributed by atoms with E-state index in [4.69, 9.17) is 0 Å². The Bertz CT molecular complexity index is 850. The molecule has 3 aromatic rings. The van der Waals surface area contributed by atoms with E-state index in [1.807, 2.05) is 0 Å². The second-order valence-electron chi connectivity index (χ2n) is 8.42. The average Bonchev–Trinajstić information content (AvgIpc) is 2.51. The van der Waals surface area contributed by atoms with Crippen LogP contribution in [0, 0.1) is 62.3 Å². The third kappa shape index (κ3) is 3.81. The highest BCUT2D eigenvalue weighted by molar-refractivity contribution is 7.80. The van der Waals surface area contributed by atoms with Gasteiger partial charge in [-0.2, -0.15) is 0 Å². The van der Waals surface area contributed by atoms with Crippen molar-refractivity contribution in [2.24, 2.45) is 0 Å². The van der Waals surface area contributed by atoms with Crippen LogP contribution in [-0.2, 0) is 0 Å². The summed E-state index contributed by atoms with van der Waals surface area (Å²) in [6, 6.07) is 13.9. The highest BCUT2D eigenvalue weighted by atomic mass is 31.1. The maximum atomic E-state index is 4.48. The van der Waals surface area contributed by atoms with Gasteiger partial charge in [0.25, 0.3) is 0 Å². The van der Waals surface area contributed by atoms with E-state index in [0.717, 1.165) is 0 Å². The first kappa shape index (κ1) is 20.8. The highest BCUT2D eigenvalue weighted by Gasteiger charge is 2.26. The molecule has 0 spiro atoms. The molecule has 0 aliphatic heterocycles. The lowest BCUT2D eigenvalue weighted by Gasteiger charge is -2.29. The summed E-state index contributed by atoms with van der Waals surface area (Å²) in [5.74, 6) is 0. The first-order valence-electron chi connectivity index (χ1n) is 9.99. The predicted octanol–water partition coefficient (Wildman–Crippen LogP) is 6.09. The van der Waals surface area contributed by atoms with E-state index in [1.54, 1.807) is 0 Å². The van der Waals surface area contributed by atoms with Gasteiger partial charge in [0, 0.05) is 0 Å². The molecule has 0 bridgehead atoms. The first-order chi connectivity index (χ1) is 13.1. The standard InChI is InChI=1S/C27H32P/c1-16-10-19(4)25(20(5)11-16)28(26-21(6)12-17(2)13-22(26)7)27-23(8)14-18(3)15-24(27)9/h10-15H,4H2,1-3,5-9H3. The minimum atomic E-state index is -0.671. The molecular weight excluding hydrogens is 355 g/mol. The number of rotatable bonds is 3. The van der Waals surface area contributed by atoms with E-state index in [-0.39, 0.29) is 0 Å². The summed E-state index contributed by atoms with van der Waals surface area (Å²) in [6.07, 6.45) is 0. The molecule has 0 nitrogen and oxygen atoms in total. The third-order valence-electron chi connectivity index (χ3n) is 5.47. The molecule has 0 N–H and O–H groups in total. The Morgan fingerprint density at radius 3 is 1.07 bits per heavy atom. The van der Waals surface area contributed by atoms with Crippen molar-refractivity contribution >= 4 is 23.8 Å². The highest BCUT2D eigenvalue weighted by Crippen LogP contribution is 2.40. The minimum absolute atomic E-state index is 0.671. The molecular formula is C27H32P. The molecule has 28 heavy (non-hydrogen) atoms. The molecule has 0 saturated carbocycles.